The van der Waals surface area contributed by atoms with Crippen molar-refractivity contribution in [3.63, 3.8) is 0 Å². The van der Waals surface area contributed by atoms with Gasteiger partial charge in [-0.25, -0.2) is 4.39 Å². The van der Waals surface area contributed by atoms with Crippen LogP contribution in [0.3, 0.4) is 0 Å². The van der Waals surface area contributed by atoms with Crippen LogP contribution in [0, 0.1) is 11.7 Å². The van der Waals surface area contributed by atoms with Gasteiger partial charge in [-0.1, -0.05) is 29.8 Å². The normalized spacial score (nSPS) is 13.0. The van der Waals surface area contributed by atoms with Gasteiger partial charge in [-0.15, -0.1) is 0 Å². The van der Waals surface area contributed by atoms with Gasteiger partial charge in [0.2, 0.25) is 0 Å². The fraction of sp³-hybridized carbons (Fsp3) is 0.571. The van der Waals surface area contributed by atoms with E-state index in [0.29, 0.717) is 12.0 Å². The van der Waals surface area contributed by atoms with E-state index in [1.54, 1.807) is 6.07 Å². The summed E-state index contributed by atoms with van der Waals surface area (Å²) in [6.07, 6.45) is 0.729. The van der Waals surface area contributed by atoms with Gasteiger partial charge in [0.15, 0.2) is 0 Å². The number of hydrogen-bond donors (Lipinski definition) is 1. The van der Waals surface area contributed by atoms with E-state index < -0.39 is 0 Å². The molecule has 102 valence electrons. The average Bonchev–Trinajstić information content (AvgIpc) is 2.32. The number of thioether (sulfide) groups is 1. The predicted octanol–water partition coefficient (Wildman–Crippen LogP) is 4.11. The van der Waals surface area contributed by atoms with Crippen molar-refractivity contribution >= 4 is 27.7 Å². The fourth-order valence-corrected chi connectivity index (χ4v) is 3.24. The first-order valence-corrected chi connectivity index (χ1v) is 8.16. The molecule has 0 radical (unpaired) electrons. The highest BCUT2D eigenvalue weighted by atomic mass is 79.9. The molecule has 0 saturated heterocycles. The van der Waals surface area contributed by atoms with Gasteiger partial charge >= 0.3 is 0 Å². The van der Waals surface area contributed by atoms with E-state index in [0.717, 1.165) is 28.0 Å². The summed E-state index contributed by atoms with van der Waals surface area (Å²) in [4.78, 5) is 0. The third kappa shape index (κ3) is 5.72. The zero-order valence-corrected chi connectivity index (χ0v) is 13.6. The van der Waals surface area contributed by atoms with Gasteiger partial charge in [-0.2, -0.15) is 11.8 Å². The van der Waals surface area contributed by atoms with E-state index in [1.165, 1.54) is 6.07 Å². The first-order valence-electron chi connectivity index (χ1n) is 6.22. The van der Waals surface area contributed by atoms with E-state index >= 15 is 0 Å². The minimum absolute atomic E-state index is 0.118. The molecule has 1 unspecified atom stereocenters. The molecule has 1 rings (SSSR count). The quantitative estimate of drug-likeness (QED) is 0.805. The maximum Gasteiger partial charge on any atom is 0.126 e. The number of rotatable bonds is 7. The second-order valence-electron chi connectivity index (χ2n) is 4.86. The van der Waals surface area contributed by atoms with Gasteiger partial charge in [-0.05, 0) is 48.9 Å². The summed E-state index contributed by atoms with van der Waals surface area (Å²) < 4.78 is 14.6. The summed E-state index contributed by atoms with van der Waals surface area (Å²) in [6, 6.07) is 5.44. The van der Waals surface area contributed by atoms with Crippen molar-refractivity contribution in [3.8, 4) is 0 Å². The van der Waals surface area contributed by atoms with Gasteiger partial charge < -0.3 is 5.32 Å². The topological polar surface area (TPSA) is 12.0 Å². The molecule has 1 aromatic carbocycles. The minimum Gasteiger partial charge on any atom is -0.316 e. The standard InChI is InChI=1S/C14H21BrFNS/c1-10(2)8-18-9-13(17-3)7-11-6-12(15)4-5-14(11)16/h4-6,10,13,17H,7-9H2,1-3H3. The lowest BCUT2D eigenvalue weighted by molar-refractivity contribution is 0.567. The Morgan fingerprint density at radius 2 is 2.06 bits per heavy atom. The monoisotopic (exact) mass is 333 g/mol. The molecule has 0 aliphatic rings. The highest BCUT2D eigenvalue weighted by molar-refractivity contribution is 9.10. The molecule has 0 aromatic heterocycles. The maximum absolute atomic E-state index is 13.7. The second-order valence-corrected chi connectivity index (χ2v) is 6.85. The van der Waals surface area contributed by atoms with Crippen LogP contribution in [-0.2, 0) is 6.42 Å². The van der Waals surface area contributed by atoms with Crippen molar-refractivity contribution in [2.75, 3.05) is 18.6 Å². The van der Waals surface area contributed by atoms with Crippen molar-refractivity contribution < 1.29 is 4.39 Å². The SMILES string of the molecule is CNC(CSCC(C)C)Cc1cc(Br)ccc1F. The number of likely N-dealkylation sites (N-methyl/N-ethyl adjacent to an activating group) is 1. The molecular formula is C14H21BrFNS. The van der Waals surface area contributed by atoms with Gasteiger partial charge in [0, 0.05) is 16.3 Å². The number of halogens is 2. The molecule has 0 amide bonds. The summed E-state index contributed by atoms with van der Waals surface area (Å²) in [5, 5.41) is 3.27. The molecule has 0 heterocycles. The Bertz CT molecular complexity index is 371. The highest BCUT2D eigenvalue weighted by Gasteiger charge is 2.11. The fourth-order valence-electron chi connectivity index (χ4n) is 1.66. The lowest BCUT2D eigenvalue weighted by Crippen LogP contribution is -2.30. The Kier molecular flexibility index (Phi) is 7.27. The number of benzene rings is 1. The molecule has 1 nitrogen and oxygen atoms in total. The molecule has 0 bridgehead atoms. The van der Waals surface area contributed by atoms with Gasteiger partial charge in [0.05, 0.1) is 0 Å². The molecule has 0 spiro atoms. The molecular weight excluding hydrogens is 313 g/mol. The van der Waals surface area contributed by atoms with Crippen molar-refractivity contribution in [1.82, 2.24) is 5.32 Å². The van der Waals surface area contributed by atoms with Crippen LogP contribution in [-0.4, -0.2) is 24.6 Å². The van der Waals surface area contributed by atoms with Crippen molar-refractivity contribution in [2.24, 2.45) is 5.92 Å². The van der Waals surface area contributed by atoms with Crippen molar-refractivity contribution in [1.29, 1.82) is 0 Å². The highest BCUT2D eigenvalue weighted by Crippen LogP contribution is 2.18. The first-order chi connectivity index (χ1) is 8.52. The Morgan fingerprint density at radius 3 is 2.67 bits per heavy atom. The van der Waals surface area contributed by atoms with E-state index in [2.05, 4.69) is 35.1 Å². The van der Waals surface area contributed by atoms with Gasteiger partial charge in [0.1, 0.15) is 5.82 Å². The molecule has 1 aromatic rings. The van der Waals surface area contributed by atoms with Crippen LogP contribution < -0.4 is 5.32 Å². The largest absolute Gasteiger partial charge is 0.316 e. The van der Waals surface area contributed by atoms with E-state index in [1.807, 2.05) is 24.9 Å². The zero-order chi connectivity index (χ0) is 13.5. The smallest absolute Gasteiger partial charge is 0.126 e. The van der Waals surface area contributed by atoms with Gasteiger partial charge in [-0.3, -0.25) is 0 Å². The van der Waals surface area contributed by atoms with Crippen LogP contribution in [0.1, 0.15) is 19.4 Å². The van der Waals surface area contributed by atoms with E-state index in [4.69, 9.17) is 0 Å². The lowest BCUT2D eigenvalue weighted by atomic mass is 10.1. The Hall–Kier alpha value is -0.0600. The average molecular weight is 334 g/mol. The minimum atomic E-state index is -0.118. The van der Waals surface area contributed by atoms with Crippen LogP contribution in [0.5, 0.6) is 0 Å². The second kappa shape index (κ2) is 8.18. The van der Waals surface area contributed by atoms with Crippen LogP contribution >= 0.6 is 27.7 Å². The zero-order valence-electron chi connectivity index (χ0n) is 11.2. The molecule has 1 atom stereocenters. The molecule has 1 N–H and O–H groups in total. The van der Waals surface area contributed by atoms with Crippen molar-refractivity contribution in [3.05, 3.63) is 34.1 Å². The third-order valence-electron chi connectivity index (χ3n) is 2.65. The molecule has 0 aliphatic heterocycles. The molecule has 0 aliphatic carbocycles. The van der Waals surface area contributed by atoms with Crippen LogP contribution in [0.15, 0.2) is 22.7 Å². The summed E-state index contributed by atoms with van der Waals surface area (Å²) in [5.41, 5.74) is 0.772. The molecule has 0 saturated carbocycles. The Labute approximate surface area is 122 Å². The Balaban J connectivity index is 2.54. The van der Waals surface area contributed by atoms with Crippen LogP contribution in [0.2, 0.25) is 0 Å². The van der Waals surface area contributed by atoms with Gasteiger partial charge in [0.25, 0.3) is 0 Å². The van der Waals surface area contributed by atoms with E-state index in [9.17, 15) is 4.39 Å². The van der Waals surface area contributed by atoms with Crippen LogP contribution in [0.4, 0.5) is 4.39 Å². The summed E-state index contributed by atoms with van der Waals surface area (Å²) >= 11 is 5.31. The maximum atomic E-state index is 13.7. The molecule has 4 heteroatoms. The summed E-state index contributed by atoms with van der Waals surface area (Å²) in [6.45, 7) is 4.44. The number of nitrogens with one attached hydrogen (secondary N) is 1. The summed E-state index contributed by atoms with van der Waals surface area (Å²) in [7, 11) is 1.94. The number of hydrogen-bond acceptors (Lipinski definition) is 2. The van der Waals surface area contributed by atoms with Crippen molar-refractivity contribution in [2.45, 2.75) is 26.3 Å². The first kappa shape index (κ1) is 16.0. The third-order valence-corrected chi connectivity index (χ3v) is 4.69. The summed E-state index contributed by atoms with van der Waals surface area (Å²) in [5.74, 6) is 2.75. The Morgan fingerprint density at radius 1 is 1.33 bits per heavy atom. The molecule has 18 heavy (non-hydrogen) atoms. The predicted molar refractivity (Wildman–Crippen MR) is 82.8 cm³/mol. The van der Waals surface area contributed by atoms with Crippen LogP contribution in [0.25, 0.3) is 0 Å². The lowest BCUT2D eigenvalue weighted by Gasteiger charge is -2.17. The van der Waals surface area contributed by atoms with E-state index in [-0.39, 0.29) is 5.82 Å². The molecule has 0 fully saturated rings.